The summed E-state index contributed by atoms with van der Waals surface area (Å²) in [5, 5.41) is 12.3. The Morgan fingerprint density at radius 3 is 3.18 bits per heavy atom. The molecule has 1 unspecified atom stereocenters. The van der Waals surface area contributed by atoms with Crippen LogP contribution in [0.4, 0.5) is 0 Å². The van der Waals surface area contributed by atoms with Crippen LogP contribution in [0.1, 0.15) is 0 Å². The molecule has 5 nitrogen and oxygen atoms in total. The van der Waals surface area contributed by atoms with Gasteiger partial charge in [-0.05, 0) is 19.2 Å². The van der Waals surface area contributed by atoms with E-state index in [1.807, 2.05) is 0 Å². The summed E-state index contributed by atoms with van der Waals surface area (Å²) in [6.45, 7) is 0.663. The highest BCUT2D eigenvalue weighted by Gasteiger charge is 2.06. The molecule has 92 valence electrons. The van der Waals surface area contributed by atoms with Crippen LogP contribution in [0.25, 0.3) is 10.3 Å². The molecule has 0 aliphatic rings. The Balaban J connectivity index is 2.06. The minimum absolute atomic E-state index is 0.195. The number of benzene rings is 1. The van der Waals surface area contributed by atoms with Crippen molar-refractivity contribution in [3.05, 3.63) is 27.9 Å². The summed E-state index contributed by atoms with van der Waals surface area (Å²) >= 11 is 1.06. The zero-order valence-corrected chi connectivity index (χ0v) is 10.1. The number of aliphatic hydroxyl groups excluding tert-OH is 1. The van der Waals surface area contributed by atoms with Crippen molar-refractivity contribution < 1.29 is 14.3 Å². The molecule has 0 bridgehead atoms. The summed E-state index contributed by atoms with van der Waals surface area (Å²) in [7, 11) is 1.76. The van der Waals surface area contributed by atoms with Crippen LogP contribution in [-0.2, 0) is 0 Å². The fraction of sp³-hybridized carbons (Fsp3) is 0.364. The number of nitrogens with one attached hydrogen (secondary N) is 1. The van der Waals surface area contributed by atoms with Crippen molar-refractivity contribution in [3.63, 3.8) is 0 Å². The molecule has 2 N–H and O–H groups in total. The number of rotatable bonds is 5. The van der Waals surface area contributed by atoms with Crippen molar-refractivity contribution in [3.8, 4) is 5.75 Å². The number of likely N-dealkylation sites (N-methyl/N-ethyl adjacent to an activating group) is 1. The molecular formula is C11H13NO4S. The molecule has 0 saturated carbocycles. The van der Waals surface area contributed by atoms with Gasteiger partial charge in [-0.3, -0.25) is 0 Å². The summed E-state index contributed by atoms with van der Waals surface area (Å²) in [5.41, 5.74) is 0.514. The topological polar surface area (TPSA) is 71.7 Å². The molecule has 1 atom stereocenters. The molecule has 0 spiro atoms. The van der Waals surface area contributed by atoms with Gasteiger partial charge in [0.25, 0.3) is 0 Å². The summed E-state index contributed by atoms with van der Waals surface area (Å²) in [5.74, 6) is 0.578. The second-order valence-corrected chi connectivity index (χ2v) is 4.56. The van der Waals surface area contributed by atoms with Gasteiger partial charge < -0.3 is 19.6 Å². The van der Waals surface area contributed by atoms with E-state index in [1.165, 1.54) is 0 Å². The van der Waals surface area contributed by atoms with Crippen LogP contribution in [0.2, 0.25) is 0 Å². The first-order chi connectivity index (χ1) is 8.19. The van der Waals surface area contributed by atoms with Gasteiger partial charge in [0.15, 0.2) is 5.58 Å². The molecule has 0 fully saturated rings. The maximum Gasteiger partial charge on any atom is 0.396 e. The second-order valence-electron chi connectivity index (χ2n) is 3.59. The van der Waals surface area contributed by atoms with Crippen LogP contribution >= 0.6 is 11.3 Å². The molecule has 2 rings (SSSR count). The van der Waals surface area contributed by atoms with Gasteiger partial charge in [0.2, 0.25) is 0 Å². The van der Waals surface area contributed by atoms with Crippen molar-refractivity contribution in [2.75, 3.05) is 20.2 Å². The number of ether oxygens (including phenoxy) is 1. The van der Waals surface area contributed by atoms with Gasteiger partial charge in [-0.25, -0.2) is 4.79 Å². The number of fused-ring (bicyclic) bond motifs is 1. The van der Waals surface area contributed by atoms with Gasteiger partial charge in [0, 0.05) is 12.6 Å². The van der Waals surface area contributed by atoms with Crippen LogP contribution in [0.3, 0.4) is 0 Å². The minimum atomic E-state index is -0.565. The van der Waals surface area contributed by atoms with Crippen molar-refractivity contribution in [2.45, 2.75) is 6.10 Å². The summed E-state index contributed by atoms with van der Waals surface area (Å²) in [6.07, 6.45) is -0.565. The maximum atomic E-state index is 11.0. The number of hydrogen-bond donors (Lipinski definition) is 2. The molecule has 2 aromatic rings. The first-order valence-corrected chi connectivity index (χ1v) is 6.00. The van der Waals surface area contributed by atoms with Crippen molar-refractivity contribution in [1.29, 1.82) is 0 Å². The average Bonchev–Trinajstić information content (AvgIpc) is 2.66. The van der Waals surface area contributed by atoms with Crippen molar-refractivity contribution >= 4 is 21.6 Å². The second kappa shape index (κ2) is 5.31. The van der Waals surface area contributed by atoms with Crippen LogP contribution < -0.4 is 15.0 Å². The molecule has 0 aliphatic heterocycles. The van der Waals surface area contributed by atoms with Crippen LogP contribution in [0, 0.1) is 0 Å². The van der Waals surface area contributed by atoms with E-state index >= 15 is 0 Å². The standard InChI is InChI=1S/C11H13NO4S/c1-12-5-7(13)6-15-8-2-3-10-9(4-8)16-11(14)17-10/h2-4,7,12-13H,5-6H2,1H3. The van der Waals surface area contributed by atoms with Crippen LogP contribution in [0.5, 0.6) is 5.75 Å². The molecule has 6 heteroatoms. The lowest BCUT2D eigenvalue weighted by molar-refractivity contribution is 0.108. The molecule has 0 aliphatic carbocycles. The van der Waals surface area contributed by atoms with Crippen molar-refractivity contribution in [1.82, 2.24) is 5.32 Å². The van der Waals surface area contributed by atoms with E-state index in [9.17, 15) is 9.90 Å². The predicted octanol–water partition coefficient (Wildman–Crippen LogP) is 0.814. The van der Waals surface area contributed by atoms with E-state index in [0.29, 0.717) is 17.9 Å². The lowest BCUT2D eigenvalue weighted by Gasteiger charge is -2.11. The van der Waals surface area contributed by atoms with Gasteiger partial charge in [0.1, 0.15) is 18.5 Å². The molecular weight excluding hydrogens is 242 g/mol. The molecule has 0 amide bonds. The Morgan fingerprint density at radius 1 is 1.59 bits per heavy atom. The Hall–Kier alpha value is -1.37. The van der Waals surface area contributed by atoms with E-state index in [0.717, 1.165) is 16.0 Å². The largest absolute Gasteiger partial charge is 0.491 e. The third kappa shape index (κ3) is 3.06. The van der Waals surface area contributed by atoms with Crippen LogP contribution in [-0.4, -0.2) is 31.4 Å². The van der Waals surface area contributed by atoms with Crippen LogP contribution in [0.15, 0.2) is 27.4 Å². The predicted molar refractivity (Wildman–Crippen MR) is 65.8 cm³/mol. The van der Waals surface area contributed by atoms with Gasteiger partial charge in [-0.15, -0.1) is 0 Å². The Kier molecular flexibility index (Phi) is 3.78. The molecule has 1 aromatic carbocycles. The third-order valence-corrected chi connectivity index (χ3v) is 2.99. The van der Waals surface area contributed by atoms with Gasteiger partial charge in [0.05, 0.1) is 4.70 Å². The first kappa shape index (κ1) is 12.1. The number of aliphatic hydroxyl groups is 1. The van der Waals surface area contributed by atoms with E-state index in [-0.39, 0.29) is 11.5 Å². The summed E-state index contributed by atoms with van der Waals surface area (Å²) in [4.78, 5) is 10.7. The van der Waals surface area contributed by atoms with E-state index < -0.39 is 6.10 Å². The smallest absolute Gasteiger partial charge is 0.396 e. The molecule has 0 radical (unpaired) electrons. The zero-order valence-electron chi connectivity index (χ0n) is 9.30. The maximum absolute atomic E-state index is 11.0. The Bertz CT molecular complexity index is 548. The van der Waals surface area contributed by atoms with E-state index in [4.69, 9.17) is 9.15 Å². The van der Waals surface area contributed by atoms with Gasteiger partial charge >= 0.3 is 4.94 Å². The zero-order chi connectivity index (χ0) is 12.3. The fourth-order valence-electron chi connectivity index (χ4n) is 1.43. The summed E-state index contributed by atoms with van der Waals surface area (Å²) in [6, 6.07) is 5.17. The highest BCUT2D eigenvalue weighted by molar-refractivity contribution is 7.16. The first-order valence-electron chi connectivity index (χ1n) is 5.18. The van der Waals surface area contributed by atoms with E-state index in [1.54, 1.807) is 25.2 Å². The molecule has 1 heterocycles. The summed E-state index contributed by atoms with van der Waals surface area (Å²) < 4.78 is 11.2. The fourth-order valence-corrected chi connectivity index (χ4v) is 2.08. The highest BCUT2D eigenvalue weighted by Crippen LogP contribution is 2.22. The van der Waals surface area contributed by atoms with Gasteiger partial charge in [-0.1, -0.05) is 11.3 Å². The number of hydrogen-bond acceptors (Lipinski definition) is 6. The highest BCUT2D eigenvalue weighted by atomic mass is 32.1. The van der Waals surface area contributed by atoms with Gasteiger partial charge in [-0.2, -0.15) is 0 Å². The minimum Gasteiger partial charge on any atom is -0.491 e. The lowest BCUT2D eigenvalue weighted by Crippen LogP contribution is -2.29. The quantitative estimate of drug-likeness (QED) is 0.827. The monoisotopic (exact) mass is 255 g/mol. The SMILES string of the molecule is CNCC(O)COc1ccc2sc(=O)oc2c1. The normalized spacial score (nSPS) is 12.8. The lowest BCUT2D eigenvalue weighted by atomic mass is 10.3. The van der Waals surface area contributed by atoms with Crippen molar-refractivity contribution in [2.24, 2.45) is 0 Å². The molecule has 17 heavy (non-hydrogen) atoms. The van der Waals surface area contributed by atoms with E-state index in [2.05, 4.69) is 5.32 Å². The third-order valence-electron chi connectivity index (χ3n) is 2.18. The Morgan fingerprint density at radius 2 is 2.41 bits per heavy atom. The Labute approximate surface area is 102 Å². The molecule has 0 saturated heterocycles. The average molecular weight is 255 g/mol. The molecule has 1 aromatic heterocycles.